The van der Waals surface area contributed by atoms with Gasteiger partial charge in [-0.3, -0.25) is 0 Å². The fourth-order valence-corrected chi connectivity index (χ4v) is 9.35. The molecule has 0 atom stereocenters. The lowest BCUT2D eigenvalue weighted by Crippen LogP contribution is -2.00. The topological polar surface area (TPSA) is 64.7 Å². The molecule has 0 aliphatic carbocycles. The second-order valence-corrected chi connectivity index (χ2v) is 15.7. The van der Waals surface area contributed by atoms with Crippen LogP contribution >= 0.6 is 11.3 Å². The highest BCUT2D eigenvalue weighted by Crippen LogP contribution is 2.40. The number of oxazole rings is 1. The Kier molecular flexibility index (Phi) is 7.33. The third-order valence-corrected chi connectivity index (χ3v) is 12.3. The zero-order chi connectivity index (χ0) is 38.2. The van der Waals surface area contributed by atoms with Crippen molar-refractivity contribution in [3.05, 3.63) is 182 Å². The summed E-state index contributed by atoms with van der Waals surface area (Å²) in [6.07, 6.45) is 0. The van der Waals surface area contributed by atoms with Gasteiger partial charge in [-0.25, -0.2) is 19.9 Å². The van der Waals surface area contributed by atoms with Crippen LogP contribution in [0.1, 0.15) is 0 Å². The van der Waals surface area contributed by atoms with Crippen LogP contribution in [0.2, 0.25) is 0 Å². The Morgan fingerprint density at radius 2 is 0.914 bits per heavy atom. The molecular formula is C52H30N4OS. The molecule has 0 saturated heterocycles. The molecule has 0 bridgehead atoms. The number of rotatable bonds is 5. The number of hydrogen-bond acceptors (Lipinski definition) is 6. The van der Waals surface area contributed by atoms with Crippen molar-refractivity contribution in [1.29, 1.82) is 0 Å². The van der Waals surface area contributed by atoms with Gasteiger partial charge in [-0.2, -0.15) is 0 Å². The minimum Gasteiger partial charge on any atom is -0.435 e. The van der Waals surface area contributed by atoms with Crippen molar-refractivity contribution in [2.45, 2.75) is 0 Å². The quantitative estimate of drug-likeness (QED) is 0.164. The van der Waals surface area contributed by atoms with E-state index in [9.17, 15) is 0 Å². The van der Waals surface area contributed by atoms with E-state index < -0.39 is 0 Å². The predicted octanol–water partition coefficient (Wildman–Crippen LogP) is 14.2. The molecule has 58 heavy (non-hydrogen) atoms. The van der Waals surface area contributed by atoms with Crippen LogP contribution < -0.4 is 0 Å². The first-order valence-electron chi connectivity index (χ1n) is 19.3. The van der Waals surface area contributed by atoms with E-state index in [1.165, 1.54) is 25.7 Å². The van der Waals surface area contributed by atoms with Gasteiger partial charge in [-0.15, -0.1) is 11.3 Å². The molecule has 6 heteroatoms. The molecule has 0 fully saturated rings. The molecule has 0 radical (unpaired) electrons. The standard InChI is InChI=1S/C52H30N4OS/c1-3-9-34(10-4-1)49-54-50(35-20-15-31(16-21-35)37-25-28-45-42(30-37)41-13-7-8-14-44(41)58-45)56-51(55-49)39-23-26-40-38(29-39)22-19-32-17-18-33-24-27-43-48(47(33)46(32)40)57-52(53-43)36-11-5-2-6-12-36/h1-30H. The summed E-state index contributed by atoms with van der Waals surface area (Å²) < 4.78 is 9.16. The second kappa shape index (κ2) is 13.0. The fourth-order valence-electron chi connectivity index (χ4n) is 8.26. The summed E-state index contributed by atoms with van der Waals surface area (Å²) in [5.41, 5.74) is 7.68. The first-order chi connectivity index (χ1) is 28.7. The molecule has 0 aliphatic heterocycles. The third kappa shape index (κ3) is 5.38. The molecule has 12 rings (SSSR count). The van der Waals surface area contributed by atoms with Gasteiger partial charge in [0.1, 0.15) is 5.52 Å². The van der Waals surface area contributed by atoms with Crippen molar-refractivity contribution >= 4 is 74.9 Å². The third-order valence-electron chi connectivity index (χ3n) is 11.1. The van der Waals surface area contributed by atoms with E-state index in [1.54, 1.807) is 0 Å². The van der Waals surface area contributed by atoms with E-state index in [4.69, 9.17) is 24.4 Å². The number of benzene rings is 9. The van der Waals surface area contributed by atoms with Gasteiger partial charge in [0.25, 0.3) is 0 Å². The number of thiophene rings is 1. The molecule has 270 valence electrons. The predicted molar refractivity (Wildman–Crippen MR) is 240 cm³/mol. The maximum atomic E-state index is 6.55. The molecule has 5 nitrogen and oxygen atoms in total. The monoisotopic (exact) mass is 758 g/mol. The number of aromatic nitrogens is 4. The Bertz CT molecular complexity index is 3560. The lowest BCUT2D eigenvalue weighted by molar-refractivity contribution is 0.623. The summed E-state index contributed by atoms with van der Waals surface area (Å²) in [5, 5.41) is 9.23. The number of hydrogen-bond donors (Lipinski definition) is 0. The van der Waals surface area contributed by atoms with Crippen molar-refractivity contribution in [3.63, 3.8) is 0 Å². The van der Waals surface area contributed by atoms with E-state index in [-0.39, 0.29) is 0 Å². The summed E-state index contributed by atoms with van der Waals surface area (Å²) in [6.45, 7) is 0. The van der Waals surface area contributed by atoms with Crippen molar-refractivity contribution in [1.82, 2.24) is 19.9 Å². The lowest BCUT2D eigenvalue weighted by Gasteiger charge is -2.11. The average molecular weight is 759 g/mol. The van der Waals surface area contributed by atoms with Crippen LogP contribution in [-0.4, -0.2) is 19.9 Å². The van der Waals surface area contributed by atoms with Gasteiger partial charge >= 0.3 is 0 Å². The fraction of sp³-hybridized carbons (Fsp3) is 0. The van der Waals surface area contributed by atoms with E-state index in [0.717, 1.165) is 71.2 Å². The van der Waals surface area contributed by atoms with Crippen LogP contribution in [0.15, 0.2) is 186 Å². The molecule has 0 N–H and O–H groups in total. The summed E-state index contributed by atoms with van der Waals surface area (Å²) in [4.78, 5) is 20.1. The van der Waals surface area contributed by atoms with Crippen LogP contribution in [-0.2, 0) is 0 Å². The summed E-state index contributed by atoms with van der Waals surface area (Å²) >= 11 is 1.84. The first-order valence-corrected chi connectivity index (χ1v) is 20.1. The van der Waals surface area contributed by atoms with Crippen molar-refractivity contribution in [2.24, 2.45) is 0 Å². The van der Waals surface area contributed by atoms with Crippen LogP contribution in [0.3, 0.4) is 0 Å². The summed E-state index contributed by atoms with van der Waals surface area (Å²) in [7, 11) is 0. The largest absolute Gasteiger partial charge is 0.435 e. The van der Waals surface area contributed by atoms with Crippen molar-refractivity contribution < 1.29 is 4.42 Å². The van der Waals surface area contributed by atoms with Gasteiger partial charge in [0.2, 0.25) is 5.89 Å². The van der Waals surface area contributed by atoms with Crippen LogP contribution in [0.5, 0.6) is 0 Å². The highest BCUT2D eigenvalue weighted by molar-refractivity contribution is 7.25. The zero-order valence-electron chi connectivity index (χ0n) is 30.9. The van der Waals surface area contributed by atoms with Crippen molar-refractivity contribution in [3.8, 4) is 56.7 Å². The molecule has 3 heterocycles. The Balaban J connectivity index is 0.975. The Labute approximate surface area is 336 Å². The molecule has 0 aliphatic rings. The first kappa shape index (κ1) is 32.7. The molecule has 12 aromatic rings. The van der Waals surface area contributed by atoms with Gasteiger partial charge in [0.05, 0.1) is 0 Å². The van der Waals surface area contributed by atoms with Gasteiger partial charge < -0.3 is 4.42 Å². The summed E-state index contributed by atoms with van der Waals surface area (Å²) in [6, 6.07) is 63.5. The summed E-state index contributed by atoms with van der Waals surface area (Å²) in [5.74, 6) is 2.49. The molecular weight excluding hydrogens is 729 g/mol. The van der Waals surface area contributed by atoms with Gasteiger partial charge in [0, 0.05) is 53.2 Å². The molecule has 3 aromatic heterocycles. The average Bonchev–Trinajstić information content (AvgIpc) is 3.91. The Morgan fingerprint density at radius 3 is 1.69 bits per heavy atom. The SMILES string of the molecule is c1ccc(-c2nc(-c3ccc(-c4ccc5sc6ccccc6c5c4)cc3)nc(-c3ccc4c(ccc5ccc6ccc7nc(-c8ccccc8)oc7c6c54)c3)n2)cc1. The zero-order valence-corrected chi connectivity index (χ0v) is 31.7. The van der Waals surface area contributed by atoms with E-state index in [1.807, 2.05) is 78.1 Å². The van der Waals surface area contributed by atoms with Crippen molar-refractivity contribution in [2.75, 3.05) is 0 Å². The number of fused-ring (bicyclic) bond motifs is 10. The van der Waals surface area contributed by atoms with Crippen LogP contribution in [0, 0.1) is 0 Å². The molecule has 0 unspecified atom stereocenters. The highest BCUT2D eigenvalue weighted by Gasteiger charge is 2.17. The van der Waals surface area contributed by atoms with E-state index in [2.05, 4.69) is 115 Å². The van der Waals surface area contributed by atoms with Crippen LogP contribution in [0.4, 0.5) is 0 Å². The van der Waals surface area contributed by atoms with Gasteiger partial charge in [-0.05, 0) is 75.1 Å². The maximum Gasteiger partial charge on any atom is 0.227 e. The second-order valence-electron chi connectivity index (χ2n) is 14.6. The molecule has 0 spiro atoms. The van der Waals surface area contributed by atoms with Crippen LogP contribution in [0.25, 0.3) is 120 Å². The van der Waals surface area contributed by atoms with E-state index >= 15 is 0 Å². The smallest absolute Gasteiger partial charge is 0.227 e. The number of nitrogens with zero attached hydrogens (tertiary/aromatic N) is 4. The molecule has 9 aromatic carbocycles. The molecule has 0 saturated carbocycles. The Hall–Kier alpha value is -7.54. The highest BCUT2D eigenvalue weighted by atomic mass is 32.1. The minimum absolute atomic E-state index is 0.616. The maximum absolute atomic E-state index is 6.55. The van der Waals surface area contributed by atoms with Gasteiger partial charge in [-0.1, -0.05) is 140 Å². The van der Waals surface area contributed by atoms with E-state index in [0.29, 0.717) is 23.4 Å². The molecule has 0 amide bonds. The minimum atomic E-state index is 0.616. The Morgan fingerprint density at radius 1 is 0.345 bits per heavy atom. The lowest BCUT2D eigenvalue weighted by atomic mass is 9.95. The normalized spacial score (nSPS) is 11.8. The van der Waals surface area contributed by atoms with Gasteiger partial charge in [0.15, 0.2) is 23.1 Å².